The van der Waals surface area contributed by atoms with Crippen molar-refractivity contribution in [1.82, 2.24) is 20.6 Å². The minimum absolute atomic E-state index is 0.0433. The van der Waals surface area contributed by atoms with Crippen LogP contribution in [0.25, 0.3) is 0 Å². The van der Waals surface area contributed by atoms with Crippen LogP contribution in [-0.2, 0) is 13.1 Å². The smallest absolute Gasteiger partial charge is 0.253 e. The van der Waals surface area contributed by atoms with E-state index < -0.39 is 11.7 Å². The molecule has 136 valence electrons. The Balaban J connectivity index is 1.61. The lowest BCUT2D eigenvalue weighted by atomic mass is 10.1. The Morgan fingerprint density at radius 3 is 2.22 bits per heavy atom. The second-order valence-corrected chi connectivity index (χ2v) is 5.74. The van der Waals surface area contributed by atoms with Gasteiger partial charge in [-0.15, -0.1) is 0 Å². The maximum atomic E-state index is 13.6. The molecule has 7 heteroatoms. The molecule has 0 saturated heterocycles. The van der Waals surface area contributed by atoms with Crippen LogP contribution in [0, 0.1) is 5.82 Å². The Bertz CT molecular complexity index is 947. The lowest BCUT2D eigenvalue weighted by Crippen LogP contribution is -2.26. The van der Waals surface area contributed by atoms with Gasteiger partial charge in [0.2, 0.25) is 0 Å². The maximum absolute atomic E-state index is 13.6. The molecule has 2 amide bonds. The van der Waals surface area contributed by atoms with Crippen LogP contribution in [0.15, 0.2) is 67.1 Å². The number of aromatic nitrogens is 2. The Morgan fingerprint density at radius 2 is 1.56 bits per heavy atom. The van der Waals surface area contributed by atoms with Gasteiger partial charge in [-0.2, -0.15) is 0 Å². The van der Waals surface area contributed by atoms with E-state index in [-0.39, 0.29) is 30.1 Å². The summed E-state index contributed by atoms with van der Waals surface area (Å²) in [4.78, 5) is 32.6. The average molecular weight is 364 g/mol. The minimum atomic E-state index is -0.440. The van der Waals surface area contributed by atoms with Crippen molar-refractivity contribution in [2.45, 2.75) is 13.1 Å². The van der Waals surface area contributed by atoms with Crippen molar-refractivity contribution in [2.75, 3.05) is 0 Å². The summed E-state index contributed by atoms with van der Waals surface area (Å²) in [6, 6.07) is 13.1. The third kappa shape index (κ3) is 4.94. The van der Waals surface area contributed by atoms with Gasteiger partial charge < -0.3 is 10.6 Å². The van der Waals surface area contributed by atoms with E-state index in [0.717, 1.165) is 5.69 Å². The molecule has 27 heavy (non-hydrogen) atoms. The molecule has 0 spiro atoms. The number of amides is 2. The summed E-state index contributed by atoms with van der Waals surface area (Å²) in [6.07, 6.45) is 4.37. The summed E-state index contributed by atoms with van der Waals surface area (Å²) in [7, 11) is 0. The van der Waals surface area contributed by atoms with Crippen molar-refractivity contribution in [3.05, 3.63) is 95.3 Å². The molecular formula is C20H17FN4O2. The maximum Gasteiger partial charge on any atom is 0.253 e. The zero-order valence-corrected chi connectivity index (χ0v) is 14.4. The molecule has 2 aromatic heterocycles. The second kappa shape index (κ2) is 8.66. The summed E-state index contributed by atoms with van der Waals surface area (Å²) >= 11 is 0. The monoisotopic (exact) mass is 364 g/mol. The molecule has 6 nitrogen and oxygen atoms in total. The Morgan fingerprint density at radius 1 is 0.889 bits per heavy atom. The molecule has 0 fully saturated rings. The molecule has 0 aliphatic rings. The lowest BCUT2D eigenvalue weighted by molar-refractivity contribution is 0.0950. The Kier molecular flexibility index (Phi) is 5.84. The van der Waals surface area contributed by atoms with E-state index >= 15 is 0 Å². The highest BCUT2D eigenvalue weighted by atomic mass is 19.1. The van der Waals surface area contributed by atoms with Crippen molar-refractivity contribution in [1.29, 1.82) is 0 Å². The number of benzene rings is 1. The van der Waals surface area contributed by atoms with Crippen molar-refractivity contribution in [2.24, 2.45) is 0 Å². The van der Waals surface area contributed by atoms with E-state index in [1.807, 2.05) is 6.07 Å². The predicted octanol–water partition coefficient (Wildman–Crippen LogP) is 2.48. The fourth-order valence-electron chi connectivity index (χ4n) is 2.38. The first-order valence-corrected chi connectivity index (χ1v) is 8.28. The van der Waals surface area contributed by atoms with Gasteiger partial charge in [0.25, 0.3) is 11.8 Å². The van der Waals surface area contributed by atoms with E-state index in [1.54, 1.807) is 36.5 Å². The van der Waals surface area contributed by atoms with Gasteiger partial charge in [-0.25, -0.2) is 4.39 Å². The van der Waals surface area contributed by atoms with Gasteiger partial charge >= 0.3 is 0 Å². The molecule has 0 saturated carbocycles. The lowest BCUT2D eigenvalue weighted by Gasteiger charge is -2.08. The van der Waals surface area contributed by atoms with Crippen LogP contribution < -0.4 is 10.6 Å². The molecule has 3 rings (SSSR count). The molecule has 0 aliphatic heterocycles. The summed E-state index contributed by atoms with van der Waals surface area (Å²) in [5.41, 5.74) is 1.57. The van der Waals surface area contributed by atoms with Gasteiger partial charge in [0.1, 0.15) is 5.82 Å². The van der Waals surface area contributed by atoms with Crippen LogP contribution >= 0.6 is 0 Å². The number of hydrogen-bond donors (Lipinski definition) is 2. The Hall–Kier alpha value is -3.61. The van der Waals surface area contributed by atoms with Gasteiger partial charge in [0, 0.05) is 30.7 Å². The van der Waals surface area contributed by atoms with Crippen LogP contribution in [0.4, 0.5) is 4.39 Å². The number of nitrogens with zero attached hydrogens (tertiary/aromatic N) is 2. The SMILES string of the molecule is O=C(NCc1ccccn1)c1cncc(C(=O)NCc2ccccc2F)c1. The molecule has 0 unspecified atom stereocenters. The number of pyridine rings is 2. The summed E-state index contributed by atoms with van der Waals surface area (Å²) in [5, 5.41) is 5.34. The number of carbonyl (C=O) groups excluding carboxylic acids is 2. The molecule has 0 aliphatic carbocycles. The quantitative estimate of drug-likeness (QED) is 0.704. The van der Waals surface area contributed by atoms with E-state index in [2.05, 4.69) is 20.6 Å². The molecule has 3 aromatic rings. The number of rotatable bonds is 6. The fraction of sp³-hybridized carbons (Fsp3) is 0.100. The van der Waals surface area contributed by atoms with E-state index in [0.29, 0.717) is 5.56 Å². The highest BCUT2D eigenvalue weighted by Gasteiger charge is 2.12. The average Bonchev–Trinajstić information content (AvgIpc) is 2.72. The van der Waals surface area contributed by atoms with Gasteiger partial charge in [-0.05, 0) is 24.3 Å². The van der Waals surface area contributed by atoms with Crippen LogP contribution in [0.2, 0.25) is 0 Å². The van der Waals surface area contributed by atoms with Crippen LogP contribution in [0.5, 0.6) is 0 Å². The zero-order chi connectivity index (χ0) is 19.1. The third-order valence-electron chi connectivity index (χ3n) is 3.82. The molecule has 0 bridgehead atoms. The highest BCUT2D eigenvalue weighted by molar-refractivity contribution is 5.99. The summed E-state index contributed by atoms with van der Waals surface area (Å²) < 4.78 is 13.6. The first kappa shape index (κ1) is 18.2. The van der Waals surface area contributed by atoms with Gasteiger partial charge in [0.05, 0.1) is 23.4 Å². The van der Waals surface area contributed by atoms with Gasteiger partial charge in [-0.3, -0.25) is 19.6 Å². The topological polar surface area (TPSA) is 84.0 Å². The first-order valence-electron chi connectivity index (χ1n) is 8.28. The van der Waals surface area contributed by atoms with Gasteiger partial charge in [-0.1, -0.05) is 24.3 Å². The summed E-state index contributed by atoms with van der Waals surface area (Å²) in [6.45, 7) is 0.311. The number of hydrogen-bond acceptors (Lipinski definition) is 4. The molecule has 0 radical (unpaired) electrons. The van der Waals surface area contributed by atoms with Gasteiger partial charge in [0.15, 0.2) is 0 Å². The largest absolute Gasteiger partial charge is 0.348 e. The molecule has 2 heterocycles. The zero-order valence-electron chi connectivity index (χ0n) is 14.4. The number of carbonyl (C=O) groups is 2. The van der Waals surface area contributed by atoms with Crippen LogP contribution in [-0.4, -0.2) is 21.8 Å². The number of nitrogens with one attached hydrogen (secondary N) is 2. The van der Waals surface area contributed by atoms with Crippen molar-refractivity contribution in [3.63, 3.8) is 0 Å². The predicted molar refractivity (Wildman–Crippen MR) is 97.2 cm³/mol. The number of halogens is 1. The van der Waals surface area contributed by atoms with Crippen molar-refractivity contribution in [3.8, 4) is 0 Å². The van der Waals surface area contributed by atoms with Crippen LogP contribution in [0.1, 0.15) is 32.0 Å². The fourth-order valence-corrected chi connectivity index (χ4v) is 2.38. The van der Waals surface area contributed by atoms with E-state index in [4.69, 9.17) is 0 Å². The van der Waals surface area contributed by atoms with Crippen molar-refractivity contribution >= 4 is 11.8 Å². The Labute approximate surface area is 155 Å². The molecular weight excluding hydrogens is 347 g/mol. The minimum Gasteiger partial charge on any atom is -0.348 e. The molecule has 2 N–H and O–H groups in total. The standard InChI is InChI=1S/C20H17FN4O2/c21-18-7-2-1-5-14(18)12-24-19(26)15-9-16(11-22-10-15)20(27)25-13-17-6-3-4-8-23-17/h1-11H,12-13H2,(H,24,26)(H,25,27). The second-order valence-electron chi connectivity index (χ2n) is 5.74. The third-order valence-corrected chi connectivity index (χ3v) is 3.82. The molecule has 0 atom stereocenters. The highest BCUT2D eigenvalue weighted by Crippen LogP contribution is 2.07. The normalized spacial score (nSPS) is 10.3. The first-order chi connectivity index (χ1) is 13.1. The van der Waals surface area contributed by atoms with E-state index in [9.17, 15) is 14.0 Å². The molecule has 1 aromatic carbocycles. The summed E-state index contributed by atoms with van der Waals surface area (Å²) in [5.74, 6) is -1.19. The van der Waals surface area contributed by atoms with E-state index in [1.165, 1.54) is 24.5 Å². The van der Waals surface area contributed by atoms with Crippen molar-refractivity contribution < 1.29 is 14.0 Å². The van der Waals surface area contributed by atoms with Crippen LogP contribution in [0.3, 0.4) is 0 Å².